The zero-order valence-corrected chi connectivity index (χ0v) is 18.9. The first kappa shape index (κ1) is 20.7. The summed E-state index contributed by atoms with van der Waals surface area (Å²) in [6.45, 7) is 6.68. The Hall–Kier alpha value is -3.15. The number of aromatic nitrogens is 2. The second-order valence-corrected chi connectivity index (χ2v) is 9.11. The van der Waals surface area contributed by atoms with E-state index in [0.29, 0.717) is 13.0 Å². The van der Waals surface area contributed by atoms with E-state index in [1.165, 1.54) is 12.0 Å². The van der Waals surface area contributed by atoms with Gasteiger partial charge in [-0.2, -0.15) is 0 Å². The van der Waals surface area contributed by atoms with Crippen molar-refractivity contribution < 1.29 is 9.59 Å². The molecule has 0 saturated carbocycles. The number of piperidine rings is 1. The van der Waals surface area contributed by atoms with Gasteiger partial charge in [-0.05, 0) is 62.4 Å². The third kappa shape index (κ3) is 3.68. The van der Waals surface area contributed by atoms with Crippen molar-refractivity contribution >= 4 is 28.5 Å². The number of carbonyl (C=O) groups excluding carboxylic acids is 2. The summed E-state index contributed by atoms with van der Waals surface area (Å²) in [5, 5.41) is 0. The van der Waals surface area contributed by atoms with Crippen LogP contribution in [0.4, 0.5) is 5.69 Å². The second-order valence-electron chi connectivity index (χ2n) is 9.11. The van der Waals surface area contributed by atoms with Crippen LogP contribution in [0.3, 0.4) is 0 Å². The molecule has 32 heavy (non-hydrogen) atoms. The van der Waals surface area contributed by atoms with E-state index in [9.17, 15) is 9.59 Å². The van der Waals surface area contributed by atoms with Gasteiger partial charge in [0.05, 0.1) is 11.0 Å². The molecule has 2 fully saturated rings. The molecule has 1 aromatic heterocycles. The quantitative estimate of drug-likeness (QED) is 0.624. The summed E-state index contributed by atoms with van der Waals surface area (Å²) in [6, 6.07) is 14.1. The van der Waals surface area contributed by atoms with Crippen LogP contribution in [0.25, 0.3) is 11.0 Å². The predicted molar refractivity (Wildman–Crippen MR) is 126 cm³/mol. The third-order valence-corrected chi connectivity index (χ3v) is 7.04. The van der Waals surface area contributed by atoms with Crippen LogP contribution in [0.5, 0.6) is 0 Å². The number of nitrogens with zero attached hydrogens (tertiary/aromatic N) is 4. The maximum Gasteiger partial charge on any atom is 0.242 e. The summed E-state index contributed by atoms with van der Waals surface area (Å²) in [5.74, 6) is 1.07. The first-order chi connectivity index (χ1) is 15.5. The van der Waals surface area contributed by atoms with E-state index in [0.717, 1.165) is 54.0 Å². The van der Waals surface area contributed by atoms with Crippen molar-refractivity contribution in [2.45, 2.75) is 52.0 Å². The van der Waals surface area contributed by atoms with E-state index < -0.39 is 0 Å². The summed E-state index contributed by atoms with van der Waals surface area (Å²) in [7, 11) is 0. The smallest absolute Gasteiger partial charge is 0.242 e. The molecule has 0 bridgehead atoms. The third-order valence-electron chi connectivity index (χ3n) is 7.04. The molecule has 2 aliphatic heterocycles. The van der Waals surface area contributed by atoms with Crippen LogP contribution in [0, 0.1) is 13.8 Å². The number of anilines is 1. The van der Waals surface area contributed by atoms with Gasteiger partial charge in [0.2, 0.25) is 11.8 Å². The SMILES string of the molecule is Cc1cccc(N2CC(c3nc4ccccc4n3CC(=O)N3CCCCC3)CC2=O)c1C. The molecule has 3 heterocycles. The Kier molecular flexibility index (Phi) is 5.45. The molecule has 2 aromatic carbocycles. The Bertz CT molecular complexity index is 1180. The molecular formula is C26H30N4O2. The number of aryl methyl sites for hydroxylation is 1. The van der Waals surface area contributed by atoms with Gasteiger partial charge < -0.3 is 14.4 Å². The van der Waals surface area contributed by atoms with Crippen LogP contribution >= 0.6 is 0 Å². The molecule has 5 rings (SSSR count). The number of likely N-dealkylation sites (tertiary alicyclic amines) is 1. The van der Waals surface area contributed by atoms with Crippen molar-refractivity contribution in [3.63, 3.8) is 0 Å². The number of amides is 2. The van der Waals surface area contributed by atoms with Gasteiger partial charge in [0, 0.05) is 37.7 Å². The summed E-state index contributed by atoms with van der Waals surface area (Å²) in [6.07, 6.45) is 3.76. The summed E-state index contributed by atoms with van der Waals surface area (Å²) < 4.78 is 2.05. The fourth-order valence-electron chi connectivity index (χ4n) is 5.09. The highest BCUT2D eigenvalue weighted by atomic mass is 16.2. The monoisotopic (exact) mass is 430 g/mol. The minimum absolute atomic E-state index is 0.0380. The summed E-state index contributed by atoms with van der Waals surface area (Å²) >= 11 is 0. The predicted octanol–water partition coefficient (Wildman–Crippen LogP) is 4.19. The Morgan fingerprint density at radius 1 is 1.03 bits per heavy atom. The molecule has 2 amide bonds. The lowest BCUT2D eigenvalue weighted by molar-refractivity contribution is -0.132. The standard InChI is InChI=1S/C26H30N4O2/c1-18-9-8-12-22(19(18)2)29-16-20(15-24(29)31)26-27-21-10-4-5-11-23(21)30(26)17-25(32)28-13-6-3-7-14-28/h4-5,8-12,20H,3,6-7,13-17H2,1-2H3. The van der Waals surface area contributed by atoms with Crippen molar-refractivity contribution in [1.82, 2.24) is 14.5 Å². The minimum Gasteiger partial charge on any atom is -0.341 e. The topological polar surface area (TPSA) is 58.4 Å². The molecule has 3 aromatic rings. The average molecular weight is 431 g/mol. The summed E-state index contributed by atoms with van der Waals surface area (Å²) in [5.41, 5.74) is 5.13. The van der Waals surface area contributed by atoms with Gasteiger partial charge in [-0.15, -0.1) is 0 Å². The van der Waals surface area contributed by atoms with Crippen molar-refractivity contribution in [1.29, 1.82) is 0 Å². The van der Waals surface area contributed by atoms with Crippen molar-refractivity contribution in [2.24, 2.45) is 0 Å². The Morgan fingerprint density at radius 2 is 1.81 bits per heavy atom. The largest absolute Gasteiger partial charge is 0.341 e. The maximum absolute atomic E-state index is 13.1. The van der Waals surface area contributed by atoms with Crippen molar-refractivity contribution in [3.8, 4) is 0 Å². The average Bonchev–Trinajstić information content (AvgIpc) is 3.37. The minimum atomic E-state index is -0.0380. The Labute approximate surface area is 188 Å². The highest BCUT2D eigenvalue weighted by Gasteiger charge is 2.36. The van der Waals surface area contributed by atoms with E-state index in [2.05, 4.69) is 24.5 Å². The first-order valence-corrected chi connectivity index (χ1v) is 11.6. The number of hydrogen-bond acceptors (Lipinski definition) is 3. The molecule has 6 nitrogen and oxygen atoms in total. The number of rotatable bonds is 4. The number of hydrogen-bond donors (Lipinski definition) is 0. The Balaban J connectivity index is 1.47. The van der Waals surface area contributed by atoms with Crippen molar-refractivity contribution in [3.05, 3.63) is 59.4 Å². The highest BCUT2D eigenvalue weighted by Crippen LogP contribution is 2.35. The number of benzene rings is 2. The summed E-state index contributed by atoms with van der Waals surface area (Å²) in [4.78, 5) is 34.9. The fraction of sp³-hybridized carbons (Fsp3) is 0.423. The van der Waals surface area contributed by atoms with Gasteiger partial charge in [-0.1, -0.05) is 24.3 Å². The van der Waals surface area contributed by atoms with Crippen LogP contribution in [0.15, 0.2) is 42.5 Å². The van der Waals surface area contributed by atoms with Crippen LogP contribution < -0.4 is 4.90 Å². The van der Waals surface area contributed by atoms with Crippen LogP contribution in [0.2, 0.25) is 0 Å². The van der Waals surface area contributed by atoms with E-state index in [1.54, 1.807) is 0 Å². The molecule has 0 spiro atoms. The lowest BCUT2D eigenvalue weighted by Gasteiger charge is -2.27. The molecule has 0 radical (unpaired) electrons. The van der Waals surface area contributed by atoms with Gasteiger partial charge in [0.1, 0.15) is 12.4 Å². The lowest BCUT2D eigenvalue weighted by Crippen LogP contribution is -2.38. The second kappa shape index (κ2) is 8.41. The molecule has 1 unspecified atom stereocenters. The normalized spacial score (nSPS) is 19.2. The molecule has 2 aliphatic rings. The highest BCUT2D eigenvalue weighted by molar-refractivity contribution is 5.97. The fourth-order valence-corrected chi connectivity index (χ4v) is 5.09. The molecule has 0 aliphatic carbocycles. The lowest BCUT2D eigenvalue weighted by atomic mass is 10.1. The van der Waals surface area contributed by atoms with Gasteiger partial charge in [-0.25, -0.2) is 4.98 Å². The van der Waals surface area contributed by atoms with Gasteiger partial charge in [-0.3, -0.25) is 9.59 Å². The van der Waals surface area contributed by atoms with Gasteiger partial charge in [0.15, 0.2) is 0 Å². The number of fused-ring (bicyclic) bond motifs is 1. The molecule has 0 N–H and O–H groups in total. The zero-order chi connectivity index (χ0) is 22.2. The zero-order valence-electron chi connectivity index (χ0n) is 18.9. The van der Waals surface area contributed by atoms with E-state index in [4.69, 9.17) is 4.98 Å². The Morgan fingerprint density at radius 3 is 2.62 bits per heavy atom. The molecule has 6 heteroatoms. The van der Waals surface area contributed by atoms with E-state index >= 15 is 0 Å². The number of para-hydroxylation sites is 2. The van der Waals surface area contributed by atoms with Crippen LogP contribution in [0.1, 0.15) is 48.6 Å². The number of imidazole rings is 1. The molecule has 2 saturated heterocycles. The first-order valence-electron chi connectivity index (χ1n) is 11.6. The van der Waals surface area contributed by atoms with Crippen LogP contribution in [-0.4, -0.2) is 45.9 Å². The van der Waals surface area contributed by atoms with Crippen molar-refractivity contribution in [2.75, 3.05) is 24.5 Å². The van der Waals surface area contributed by atoms with E-state index in [-0.39, 0.29) is 24.3 Å². The van der Waals surface area contributed by atoms with E-state index in [1.807, 2.05) is 46.2 Å². The maximum atomic E-state index is 13.1. The molecule has 1 atom stereocenters. The molecule has 166 valence electrons. The molecular weight excluding hydrogens is 400 g/mol. The van der Waals surface area contributed by atoms with Crippen LogP contribution in [-0.2, 0) is 16.1 Å². The number of carbonyl (C=O) groups is 2. The van der Waals surface area contributed by atoms with Gasteiger partial charge in [0.25, 0.3) is 0 Å². The van der Waals surface area contributed by atoms with Gasteiger partial charge >= 0.3 is 0 Å².